The molecule has 0 amide bonds. The van der Waals surface area contributed by atoms with Gasteiger partial charge in [0.25, 0.3) is 0 Å². The van der Waals surface area contributed by atoms with Crippen LogP contribution in [-0.4, -0.2) is 4.98 Å². The van der Waals surface area contributed by atoms with E-state index in [1.165, 1.54) is 0 Å². The molecule has 3 nitrogen and oxygen atoms in total. The number of halogens is 1. The van der Waals surface area contributed by atoms with E-state index in [0.717, 1.165) is 15.6 Å². The molecule has 0 fully saturated rings. The van der Waals surface area contributed by atoms with Crippen molar-refractivity contribution >= 4 is 21.7 Å². The second kappa shape index (κ2) is 4.63. The molecule has 1 aromatic heterocycles. The topological polar surface area (TPSA) is 64.9 Å². The second-order valence-corrected chi connectivity index (χ2v) is 4.43. The maximum absolute atomic E-state index is 6.15. The summed E-state index contributed by atoms with van der Waals surface area (Å²) in [5.74, 6) is 0.481. The molecule has 0 saturated carbocycles. The van der Waals surface area contributed by atoms with E-state index >= 15 is 0 Å². The normalized spacial score (nSPS) is 12.4. The number of aromatic nitrogens is 1. The number of anilines is 1. The monoisotopic (exact) mass is 277 g/mol. The Morgan fingerprint density at radius 2 is 2.00 bits per heavy atom. The summed E-state index contributed by atoms with van der Waals surface area (Å²) in [6.07, 6.45) is 1.66. The molecule has 0 aliphatic heterocycles. The minimum absolute atomic E-state index is 0.244. The lowest BCUT2D eigenvalue weighted by Gasteiger charge is -2.14. The van der Waals surface area contributed by atoms with Crippen LogP contribution in [0.3, 0.4) is 0 Å². The van der Waals surface area contributed by atoms with Crippen molar-refractivity contribution in [1.82, 2.24) is 4.98 Å². The molecule has 1 atom stereocenters. The Morgan fingerprint density at radius 1 is 1.19 bits per heavy atom. The van der Waals surface area contributed by atoms with Crippen molar-refractivity contribution in [2.75, 3.05) is 5.73 Å². The quantitative estimate of drug-likeness (QED) is 0.887. The first kappa shape index (κ1) is 11.1. The van der Waals surface area contributed by atoms with E-state index in [9.17, 15) is 0 Å². The predicted octanol–water partition coefficient (Wildman–Crippen LogP) is 2.47. The summed E-state index contributed by atoms with van der Waals surface area (Å²) in [4.78, 5) is 4.03. The average Bonchev–Trinajstić information content (AvgIpc) is 2.29. The fourth-order valence-electron chi connectivity index (χ4n) is 1.57. The van der Waals surface area contributed by atoms with Gasteiger partial charge in [-0.25, -0.2) is 4.98 Å². The molecule has 2 aromatic rings. The van der Waals surface area contributed by atoms with Crippen molar-refractivity contribution in [3.8, 4) is 0 Å². The number of rotatable bonds is 2. The van der Waals surface area contributed by atoms with Gasteiger partial charge in [-0.15, -0.1) is 0 Å². The molecule has 0 bridgehead atoms. The van der Waals surface area contributed by atoms with Gasteiger partial charge >= 0.3 is 0 Å². The summed E-state index contributed by atoms with van der Waals surface area (Å²) in [5, 5.41) is 0. The molecule has 1 unspecified atom stereocenters. The van der Waals surface area contributed by atoms with Crippen molar-refractivity contribution in [1.29, 1.82) is 0 Å². The molecule has 0 aliphatic carbocycles. The summed E-state index contributed by atoms with van der Waals surface area (Å²) in [7, 11) is 0. The van der Waals surface area contributed by atoms with Gasteiger partial charge in [-0.1, -0.05) is 34.1 Å². The highest BCUT2D eigenvalue weighted by Gasteiger charge is 2.12. The third-order valence-corrected chi connectivity index (χ3v) is 2.91. The SMILES string of the molecule is Nc1ncccc1C(N)c1cccc(Br)c1. The largest absolute Gasteiger partial charge is 0.383 e. The van der Waals surface area contributed by atoms with Crippen molar-refractivity contribution in [3.63, 3.8) is 0 Å². The van der Waals surface area contributed by atoms with Gasteiger partial charge in [-0.2, -0.15) is 0 Å². The molecule has 1 aromatic carbocycles. The van der Waals surface area contributed by atoms with Crippen LogP contribution in [0, 0.1) is 0 Å². The van der Waals surface area contributed by atoms with E-state index in [4.69, 9.17) is 11.5 Å². The van der Waals surface area contributed by atoms with Gasteiger partial charge in [0, 0.05) is 16.2 Å². The Morgan fingerprint density at radius 3 is 2.69 bits per heavy atom. The molecule has 16 heavy (non-hydrogen) atoms. The summed E-state index contributed by atoms with van der Waals surface area (Å²) in [6, 6.07) is 11.4. The van der Waals surface area contributed by atoms with Crippen LogP contribution < -0.4 is 11.5 Å². The van der Waals surface area contributed by atoms with Crippen LogP contribution in [-0.2, 0) is 0 Å². The molecule has 0 aliphatic rings. The Kier molecular flexibility index (Phi) is 3.22. The van der Waals surface area contributed by atoms with Gasteiger partial charge in [0.2, 0.25) is 0 Å². The fraction of sp³-hybridized carbons (Fsp3) is 0.0833. The first-order valence-corrected chi connectivity index (χ1v) is 5.69. The van der Waals surface area contributed by atoms with Gasteiger partial charge in [0.05, 0.1) is 6.04 Å². The number of hydrogen-bond donors (Lipinski definition) is 2. The zero-order valence-corrected chi connectivity index (χ0v) is 10.2. The molecule has 0 radical (unpaired) electrons. The van der Waals surface area contributed by atoms with E-state index in [1.807, 2.05) is 36.4 Å². The minimum atomic E-state index is -0.244. The maximum Gasteiger partial charge on any atom is 0.128 e. The molecule has 4 heteroatoms. The van der Waals surface area contributed by atoms with E-state index in [-0.39, 0.29) is 6.04 Å². The lowest BCUT2D eigenvalue weighted by Crippen LogP contribution is -2.14. The maximum atomic E-state index is 6.15. The van der Waals surface area contributed by atoms with E-state index in [1.54, 1.807) is 6.20 Å². The lowest BCUT2D eigenvalue weighted by molar-refractivity contribution is 0.867. The van der Waals surface area contributed by atoms with Gasteiger partial charge < -0.3 is 11.5 Å². The van der Waals surface area contributed by atoms with Gasteiger partial charge in [0.1, 0.15) is 5.82 Å². The van der Waals surface area contributed by atoms with Crippen LogP contribution in [0.5, 0.6) is 0 Å². The van der Waals surface area contributed by atoms with Gasteiger partial charge in [-0.05, 0) is 23.8 Å². The summed E-state index contributed by atoms with van der Waals surface area (Å²) < 4.78 is 1.00. The predicted molar refractivity (Wildman–Crippen MR) is 68.8 cm³/mol. The van der Waals surface area contributed by atoms with E-state index in [2.05, 4.69) is 20.9 Å². The van der Waals surface area contributed by atoms with Crippen LogP contribution in [0.15, 0.2) is 47.1 Å². The van der Waals surface area contributed by atoms with E-state index < -0.39 is 0 Å². The van der Waals surface area contributed by atoms with Crippen molar-refractivity contribution in [3.05, 3.63) is 58.2 Å². The van der Waals surface area contributed by atoms with Crippen LogP contribution in [0.4, 0.5) is 5.82 Å². The van der Waals surface area contributed by atoms with Crippen LogP contribution >= 0.6 is 15.9 Å². The van der Waals surface area contributed by atoms with Crippen LogP contribution in [0.2, 0.25) is 0 Å². The van der Waals surface area contributed by atoms with Crippen molar-refractivity contribution < 1.29 is 0 Å². The molecular formula is C12H12BrN3. The standard InChI is InChI=1S/C12H12BrN3/c13-9-4-1-3-8(7-9)11(14)10-5-2-6-16-12(10)15/h1-7,11H,14H2,(H2,15,16). The summed E-state index contributed by atoms with van der Waals surface area (Å²) in [5.41, 5.74) is 13.8. The van der Waals surface area contributed by atoms with Crippen LogP contribution in [0.25, 0.3) is 0 Å². The van der Waals surface area contributed by atoms with Crippen LogP contribution in [0.1, 0.15) is 17.2 Å². The summed E-state index contributed by atoms with van der Waals surface area (Å²) in [6.45, 7) is 0. The Hall–Kier alpha value is -1.39. The van der Waals surface area contributed by atoms with Crippen molar-refractivity contribution in [2.24, 2.45) is 5.73 Å². The second-order valence-electron chi connectivity index (χ2n) is 3.51. The van der Waals surface area contributed by atoms with Gasteiger partial charge in [0.15, 0.2) is 0 Å². The number of benzene rings is 1. The third kappa shape index (κ3) is 2.23. The molecule has 82 valence electrons. The molecule has 4 N–H and O–H groups in total. The molecule has 0 saturated heterocycles. The Balaban J connectivity index is 2.39. The highest BCUT2D eigenvalue weighted by molar-refractivity contribution is 9.10. The first-order valence-electron chi connectivity index (χ1n) is 4.90. The number of nitrogens with zero attached hydrogens (tertiary/aromatic N) is 1. The highest BCUT2D eigenvalue weighted by atomic mass is 79.9. The average molecular weight is 278 g/mol. The minimum Gasteiger partial charge on any atom is -0.383 e. The Labute approximate surface area is 103 Å². The lowest BCUT2D eigenvalue weighted by atomic mass is 10.0. The molecule has 1 heterocycles. The molecular weight excluding hydrogens is 266 g/mol. The third-order valence-electron chi connectivity index (χ3n) is 2.41. The first-order chi connectivity index (χ1) is 7.68. The zero-order chi connectivity index (χ0) is 11.5. The summed E-state index contributed by atoms with van der Waals surface area (Å²) >= 11 is 3.42. The number of nitrogen functional groups attached to an aromatic ring is 1. The Bertz CT molecular complexity index is 499. The highest BCUT2D eigenvalue weighted by Crippen LogP contribution is 2.24. The molecule has 2 rings (SSSR count). The number of pyridine rings is 1. The zero-order valence-electron chi connectivity index (χ0n) is 8.60. The number of nitrogens with two attached hydrogens (primary N) is 2. The van der Waals surface area contributed by atoms with Gasteiger partial charge in [-0.3, -0.25) is 0 Å². The molecule has 0 spiro atoms. The smallest absolute Gasteiger partial charge is 0.128 e. The van der Waals surface area contributed by atoms with E-state index in [0.29, 0.717) is 5.82 Å². The number of hydrogen-bond acceptors (Lipinski definition) is 3. The van der Waals surface area contributed by atoms with Crippen molar-refractivity contribution in [2.45, 2.75) is 6.04 Å². The fourth-order valence-corrected chi connectivity index (χ4v) is 1.99.